The lowest BCUT2D eigenvalue weighted by atomic mass is 9.83. The summed E-state index contributed by atoms with van der Waals surface area (Å²) < 4.78 is 41.3. The first-order valence-electron chi connectivity index (χ1n) is 10.8. The van der Waals surface area contributed by atoms with Crippen LogP contribution < -0.4 is 4.74 Å². The van der Waals surface area contributed by atoms with Gasteiger partial charge in [0.05, 0.1) is 12.7 Å². The summed E-state index contributed by atoms with van der Waals surface area (Å²) in [5, 5.41) is 0. The molecule has 3 heterocycles. The van der Waals surface area contributed by atoms with Crippen molar-refractivity contribution in [2.24, 2.45) is 0 Å². The molecule has 1 aromatic heterocycles. The van der Waals surface area contributed by atoms with Gasteiger partial charge in [0.1, 0.15) is 11.5 Å². The summed E-state index contributed by atoms with van der Waals surface area (Å²) >= 11 is 3.69. The van der Waals surface area contributed by atoms with Crippen LogP contribution in [-0.2, 0) is 6.42 Å². The lowest BCUT2D eigenvalue weighted by Crippen LogP contribution is -2.51. The van der Waals surface area contributed by atoms with E-state index in [1.165, 1.54) is 8.96 Å². The van der Waals surface area contributed by atoms with E-state index < -0.39 is 6.97 Å². The Bertz CT molecular complexity index is 1220. The number of methoxy groups -OCH3 is 1. The highest BCUT2D eigenvalue weighted by Crippen LogP contribution is 2.48. The molecule has 0 saturated heterocycles. The molecule has 0 atom stereocenters. The van der Waals surface area contributed by atoms with Gasteiger partial charge in [-0.2, -0.15) is 0 Å². The Kier molecular flexibility index (Phi) is 5.32. The lowest BCUT2D eigenvalue weighted by Gasteiger charge is -2.34. The van der Waals surface area contributed by atoms with Crippen molar-refractivity contribution < 1.29 is 17.9 Å². The molecule has 2 aromatic rings. The van der Waals surface area contributed by atoms with Crippen LogP contribution in [-0.4, -0.2) is 28.8 Å². The molecule has 164 valence electrons. The van der Waals surface area contributed by atoms with Crippen molar-refractivity contribution in [3.05, 3.63) is 67.6 Å². The molecule has 0 saturated carbocycles. The minimum atomic E-state index is -4.01. The summed E-state index contributed by atoms with van der Waals surface area (Å²) in [6.45, 7) is 7.65. The molecule has 0 radical (unpaired) electrons. The van der Waals surface area contributed by atoms with Crippen LogP contribution in [0.1, 0.15) is 62.2 Å². The van der Waals surface area contributed by atoms with E-state index in [0.29, 0.717) is 35.6 Å². The van der Waals surface area contributed by atoms with Crippen molar-refractivity contribution in [3.8, 4) is 5.75 Å². The Morgan fingerprint density at radius 3 is 2.32 bits per heavy atom. The van der Waals surface area contributed by atoms with E-state index in [1.807, 2.05) is 59.7 Å². The van der Waals surface area contributed by atoms with Crippen molar-refractivity contribution in [1.29, 1.82) is 0 Å². The molecule has 4 rings (SSSR count). The number of fused-ring (bicyclic) bond motifs is 2. The topological polar surface area (TPSA) is 17.2 Å². The van der Waals surface area contributed by atoms with Crippen LogP contribution in [0.15, 0.2) is 39.5 Å². The van der Waals surface area contributed by atoms with Gasteiger partial charge in [0.15, 0.2) is 5.70 Å². The van der Waals surface area contributed by atoms with E-state index in [9.17, 15) is 0 Å². The first kappa shape index (κ1) is 22.1. The predicted molar refractivity (Wildman–Crippen MR) is 127 cm³/mol. The number of ether oxygens (including phenoxy) is 1. The fourth-order valence-corrected chi connectivity index (χ4v) is 6.11. The first-order valence-corrected chi connectivity index (χ1v) is 11.6. The van der Waals surface area contributed by atoms with Crippen molar-refractivity contribution in [2.75, 3.05) is 7.11 Å². The van der Waals surface area contributed by atoms with Crippen LogP contribution in [0.4, 0.5) is 8.63 Å². The number of hydrogen-bond acceptors (Lipinski definition) is 1. The summed E-state index contributed by atoms with van der Waals surface area (Å²) in [5.74, 6) is 0.719. The Balaban J connectivity index is 2.22. The summed E-state index contributed by atoms with van der Waals surface area (Å²) in [4.78, 5) is 0. The molecule has 31 heavy (non-hydrogen) atoms. The number of rotatable bonds is 4. The number of hydrogen-bond donors (Lipinski definition) is 0. The van der Waals surface area contributed by atoms with Gasteiger partial charge in [-0.05, 0) is 68.6 Å². The van der Waals surface area contributed by atoms with E-state index in [-0.39, 0.29) is 0 Å². The smallest absolute Gasteiger partial charge is 0.497 e. The van der Waals surface area contributed by atoms with Crippen LogP contribution in [0.25, 0.3) is 5.57 Å². The third kappa shape index (κ3) is 2.85. The molecule has 1 aromatic carbocycles. The highest BCUT2D eigenvalue weighted by atomic mass is 79.9. The van der Waals surface area contributed by atoms with Crippen LogP contribution in [0.3, 0.4) is 0 Å². The number of halogens is 3. The first-order chi connectivity index (χ1) is 14.6. The van der Waals surface area contributed by atoms with Crippen LogP contribution in [0.2, 0.25) is 0 Å². The average molecular weight is 489 g/mol. The monoisotopic (exact) mass is 488 g/mol. The molecule has 2 aliphatic rings. The Labute approximate surface area is 191 Å². The molecule has 2 aliphatic heterocycles. The molecule has 3 nitrogen and oxygen atoms in total. The van der Waals surface area contributed by atoms with Gasteiger partial charge in [0.2, 0.25) is 0 Å². The van der Waals surface area contributed by atoms with E-state index in [2.05, 4.69) is 15.9 Å². The number of nitrogens with zero attached hydrogens (tertiary/aromatic N) is 2. The number of benzene rings is 1. The summed E-state index contributed by atoms with van der Waals surface area (Å²) in [6, 6.07) is 5.74. The van der Waals surface area contributed by atoms with E-state index in [1.54, 1.807) is 7.11 Å². The van der Waals surface area contributed by atoms with Crippen LogP contribution in [0.5, 0.6) is 5.75 Å². The zero-order valence-corrected chi connectivity index (χ0v) is 20.7. The minimum Gasteiger partial charge on any atom is -0.497 e. The quantitative estimate of drug-likeness (QED) is 0.440. The zero-order valence-electron chi connectivity index (χ0n) is 19.2. The summed E-state index contributed by atoms with van der Waals surface area (Å²) in [6.07, 6.45) is 1.43. The number of aromatic nitrogens is 1. The van der Waals surface area contributed by atoms with Gasteiger partial charge in [0, 0.05) is 33.8 Å². The van der Waals surface area contributed by atoms with Gasteiger partial charge in [-0.3, -0.25) is 0 Å². The highest BCUT2D eigenvalue weighted by Gasteiger charge is 2.56. The van der Waals surface area contributed by atoms with Gasteiger partial charge in [0.25, 0.3) is 0 Å². The van der Waals surface area contributed by atoms with E-state index in [4.69, 9.17) is 4.74 Å². The molecular weight excluding hydrogens is 461 g/mol. The van der Waals surface area contributed by atoms with Gasteiger partial charge in [-0.15, -0.1) is 0 Å². The zero-order chi connectivity index (χ0) is 22.8. The largest absolute Gasteiger partial charge is 0.737 e. The molecule has 0 bridgehead atoms. The van der Waals surface area contributed by atoms with E-state index >= 15 is 8.63 Å². The number of allylic oxidation sites excluding steroid dienone is 2. The maximum absolute atomic E-state index is 16.2. The molecule has 0 aliphatic carbocycles. The summed E-state index contributed by atoms with van der Waals surface area (Å²) in [7, 11) is 1.62. The van der Waals surface area contributed by atoms with Gasteiger partial charge in [-0.25, -0.2) is 0 Å². The molecule has 0 amide bonds. The minimum absolute atomic E-state index is 0.626. The second-order valence-electron chi connectivity index (χ2n) is 8.33. The molecule has 7 heteroatoms. The fraction of sp³-hybridized carbons (Fsp3) is 0.375. The van der Waals surface area contributed by atoms with Crippen LogP contribution in [0, 0.1) is 13.8 Å². The second-order valence-corrected chi connectivity index (χ2v) is 9.19. The Morgan fingerprint density at radius 1 is 1.10 bits per heavy atom. The molecule has 0 N–H and O–H groups in total. The summed E-state index contributed by atoms with van der Waals surface area (Å²) in [5.41, 5.74) is 8.15. The molecule has 0 unspecified atom stereocenters. The van der Waals surface area contributed by atoms with Crippen molar-refractivity contribution in [2.45, 2.75) is 54.4 Å². The molecular formula is C24H28BBrF2N2O. The van der Waals surface area contributed by atoms with Gasteiger partial charge < -0.3 is 22.3 Å². The average Bonchev–Trinajstić information content (AvgIpc) is 3.13. The van der Waals surface area contributed by atoms with Gasteiger partial charge in [-0.1, -0.05) is 29.8 Å². The third-order valence-corrected chi connectivity index (χ3v) is 7.60. The standard InChI is InChI=1S/C24H28BBrF2N2O/c1-8-18-13(3)23-22(20-11-10-17(31-7)12-21(20)26)24-14(4)19(9-2)16(6)30(24)25(27,28)29(23)15(18)5/h10-12H,8-9H2,1-7H3. The van der Waals surface area contributed by atoms with Crippen molar-refractivity contribution in [1.82, 2.24) is 4.48 Å². The SMILES string of the molecule is CCC1=C(C)C2=C(c3ccc(OC)cc3Br)c3c(C)c(CC)c(C)n3[B-](F)(F)[N+]2=C1C. The fourth-order valence-electron chi connectivity index (χ4n) is 5.56. The normalized spacial score (nSPS) is 17.5. The Morgan fingerprint density at radius 2 is 1.77 bits per heavy atom. The van der Waals surface area contributed by atoms with Crippen LogP contribution >= 0.6 is 15.9 Å². The predicted octanol–water partition coefficient (Wildman–Crippen LogP) is 6.65. The highest BCUT2D eigenvalue weighted by molar-refractivity contribution is 9.10. The molecule has 0 fully saturated rings. The van der Waals surface area contributed by atoms with Crippen molar-refractivity contribution >= 4 is 34.2 Å². The second kappa shape index (κ2) is 7.47. The maximum Gasteiger partial charge on any atom is 0.737 e. The maximum atomic E-state index is 16.2. The Hall–Kier alpha value is -2.15. The van der Waals surface area contributed by atoms with Crippen molar-refractivity contribution in [3.63, 3.8) is 0 Å². The lowest BCUT2D eigenvalue weighted by molar-refractivity contribution is -0.363. The van der Waals surface area contributed by atoms with Gasteiger partial charge >= 0.3 is 6.97 Å². The third-order valence-electron chi connectivity index (χ3n) is 6.94. The van der Waals surface area contributed by atoms with E-state index in [0.717, 1.165) is 43.6 Å². The molecule has 0 spiro atoms.